The molecule has 0 unspecified atom stereocenters. The predicted molar refractivity (Wildman–Crippen MR) is 78.0 cm³/mol. The summed E-state index contributed by atoms with van der Waals surface area (Å²) in [4.78, 5) is 2.37. The standard InChI is InChI=1S/C16H19N3O/c1-13-17-18-16(20-13)12-19-9-7-15(8-10-19)11-14-5-3-2-4-6-14/h2-6,11H,7-10,12H2,1H3. The first kappa shape index (κ1) is 13.1. The zero-order valence-electron chi connectivity index (χ0n) is 11.7. The zero-order valence-corrected chi connectivity index (χ0v) is 11.7. The molecule has 1 aliphatic heterocycles. The summed E-state index contributed by atoms with van der Waals surface area (Å²) < 4.78 is 5.43. The highest BCUT2D eigenvalue weighted by atomic mass is 16.4. The van der Waals surface area contributed by atoms with Crippen LogP contribution in [-0.2, 0) is 6.54 Å². The van der Waals surface area contributed by atoms with Gasteiger partial charge in [0.2, 0.25) is 11.8 Å². The Morgan fingerprint density at radius 2 is 1.90 bits per heavy atom. The fraction of sp³-hybridized carbons (Fsp3) is 0.375. The Balaban J connectivity index is 1.56. The average Bonchev–Trinajstić information content (AvgIpc) is 2.88. The molecule has 0 radical (unpaired) electrons. The molecule has 2 heterocycles. The summed E-state index contributed by atoms with van der Waals surface area (Å²) in [6.07, 6.45) is 4.54. The molecule has 2 aromatic rings. The Hall–Kier alpha value is -1.94. The molecule has 104 valence electrons. The summed E-state index contributed by atoms with van der Waals surface area (Å²) in [6.45, 7) is 4.70. The molecule has 4 heteroatoms. The molecular formula is C16H19N3O. The van der Waals surface area contributed by atoms with Crippen molar-refractivity contribution in [2.45, 2.75) is 26.3 Å². The first-order valence-electron chi connectivity index (χ1n) is 7.05. The van der Waals surface area contributed by atoms with Gasteiger partial charge in [-0.3, -0.25) is 4.90 Å². The van der Waals surface area contributed by atoms with Gasteiger partial charge in [0.1, 0.15) is 0 Å². The first-order valence-corrected chi connectivity index (χ1v) is 7.05. The summed E-state index contributed by atoms with van der Waals surface area (Å²) >= 11 is 0. The van der Waals surface area contributed by atoms with Crippen LogP contribution >= 0.6 is 0 Å². The average molecular weight is 269 g/mol. The number of likely N-dealkylation sites (tertiary alicyclic amines) is 1. The third-order valence-corrected chi connectivity index (χ3v) is 3.60. The van der Waals surface area contributed by atoms with Crippen molar-refractivity contribution in [3.8, 4) is 0 Å². The number of piperidine rings is 1. The Labute approximate surface area is 119 Å². The molecule has 0 bridgehead atoms. The second-order valence-corrected chi connectivity index (χ2v) is 5.20. The van der Waals surface area contributed by atoms with Gasteiger partial charge in [0.15, 0.2) is 0 Å². The van der Waals surface area contributed by atoms with Crippen LogP contribution in [0.4, 0.5) is 0 Å². The van der Waals surface area contributed by atoms with Gasteiger partial charge in [0.25, 0.3) is 0 Å². The Morgan fingerprint density at radius 3 is 2.55 bits per heavy atom. The van der Waals surface area contributed by atoms with Crippen molar-refractivity contribution < 1.29 is 4.42 Å². The largest absolute Gasteiger partial charge is 0.424 e. The zero-order chi connectivity index (χ0) is 13.8. The molecule has 0 amide bonds. The summed E-state index contributed by atoms with van der Waals surface area (Å²) in [5.74, 6) is 1.36. The topological polar surface area (TPSA) is 42.2 Å². The van der Waals surface area contributed by atoms with Crippen LogP contribution in [0, 0.1) is 6.92 Å². The molecule has 1 aromatic carbocycles. The van der Waals surface area contributed by atoms with Gasteiger partial charge in [0.05, 0.1) is 6.54 Å². The minimum Gasteiger partial charge on any atom is -0.424 e. The molecule has 0 spiro atoms. The van der Waals surface area contributed by atoms with E-state index >= 15 is 0 Å². The number of hydrogen-bond donors (Lipinski definition) is 0. The van der Waals surface area contributed by atoms with Crippen molar-refractivity contribution in [1.29, 1.82) is 0 Å². The fourth-order valence-electron chi connectivity index (χ4n) is 2.52. The van der Waals surface area contributed by atoms with Crippen molar-refractivity contribution in [3.05, 3.63) is 53.2 Å². The molecular weight excluding hydrogens is 250 g/mol. The minimum absolute atomic E-state index is 0.640. The van der Waals surface area contributed by atoms with Gasteiger partial charge in [-0.25, -0.2) is 0 Å². The van der Waals surface area contributed by atoms with Crippen molar-refractivity contribution in [3.63, 3.8) is 0 Å². The second kappa shape index (κ2) is 6.01. The van der Waals surface area contributed by atoms with E-state index in [-0.39, 0.29) is 0 Å². The monoisotopic (exact) mass is 269 g/mol. The fourth-order valence-corrected chi connectivity index (χ4v) is 2.52. The van der Waals surface area contributed by atoms with E-state index in [4.69, 9.17) is 4.42 Å². The highest BCUT2D eigenvalue weighted by molar-refractivity contribution is 5.52. The van der Waals surface area contributed by atoms with Crippen LogP contribution in [0.15, 0.2) is 40.3 Å². The van der Waals surface area contributed by atoms with E-state index in [0.717, 1.165) is 38.4 Å². The van der Waals surface area contributed by atoms with E-state index in [9.17, 15) is 0 Å². The lowest BCUT2D eigenvalue weighted by atomic mass is 10.0. The third kappa shape index (κ3) is 3.33. The van der Waals surface area contributed by atoms with Gasteiger partial charge < -0.3 is 4.42 Å². The Morgan fingerprint density at radius 1 is 1.15 bits per heavy atom. The molecule has 0 atom stereocenters. The lowest BCUT2D eigenvalue weighted by molar-refractivity contribution is 0.223. The van der Waals surface area contributed by atoms with Crippen LogP contribution in [-0.4, -0.2) is 28.2 Å². The molecule has 1 fully saturated rings. The van der Waals surface area contributed by atoms with Crippen molar-refractivity contribution >= 4 is 6.08 Å². The van der Waals surface area contributed by atoms with Gasteiger partial charge in [0, 0.05) is 20.0 Å². The molecule has 3 rings (SSSR count). The normalized spacial score (nSPS) is 16.4. The molecule has 0 saturated carbocycles. The number of benzene rings is 1. The summed E-state index contributed by atoms with van der Waals surface area (Å²) in [5, 5.41) is 7.92. The Bertz CT molecular complexity index is 579. The molecule has 1 aromatic heterocycles. The molecule has 1 saturated heterocycles. The molecule has 1 aliphatic rings. The van der Waals surface area contributed by atoms with Crippen molar-refractivity contribution in [1.82, 2.24) is 15.1 Å². The van der Waals surface area contributed by atoms with Gasteiger partial charge in [-0.2, -0.15) is 0 Å². The third-order valence-electron chi connectivity index (χ3n) is 3.60. The molecule has 0 aliphatic carbocycles. The first-order chi connectivity index (χ1) is 9.79. The van der Waals surface area contributed by atoms with E-state index in [0.29, 0.717) is 5.89 Å². The molecule has 20 heavy (non-hydrogen) atoms. The predicted octanol–water partition coefficient (Wildman–Crippen LogP) is 3.06. The number of rotatable bonds is 3. The van der Waals surface area contributed by atoms with Gasteiger partial charge >= 0.3 is 0 Å². The maximum Gasteiger partial charge on any atom is 0.230 e. The second-order valence-electron chi connectivity index (χ2n) is 5.20. The van der Waals surface area contributed by atoms with E-state index in [1.54, 1.807) is 0 Å². The SMILES string of the molecule is Cc1nnc(CN2CCC(=Cc3ccccc3)CC2)o1. The smallest absolute Gasteiger partial charge is 0.230 e. The van der Waals surface area contributed by atoms with Crippen molar-refractivity contribution in [2.75, 3.05) is 13.1 Å². The van der Waals surface area contributed by atoms with Gasteiger partial charge in [-0.05, 0) is 18.4 Å². The van der Waals surface area contributed by atoms with Crippen LogP contribution in [0.3, 0.4) is 0 Å². The van der Waals surface area contributed by atoms with Crippen LogP contribution in [0.2, 0.25) is 0 Å². The number of aromatic nitrogens is 2. The molecule has 0 N–H and O–H groups in total. The van der Waals surface area contributed by atoms with Gasteiger partial charge in [-0.15, -0.1) is 10.2 Å². The summed E-state index contributed by atoms with van der Waals surface area (Å²) in [6, 6.07) is 10.5. The van der Waals surface area contributed by atoms with Crippen LogP contribution in [0.25, 0.3) is 6.08 Å². The number of nitrogens with zero attached hydrogens (tertiary/aromatic N) is 3. The van der Waals surface area contributed by atoms with Crippen molar-refractivity contribution in [2.24, 2.45) is 0 Å². The minimum atomic E-state index is 0.640. The van der Waals surface area contributed by atoms with Crippen LogP contribution in [0.5, 0.6) is 0 Å². The quantitative estimate of drug-likeness (QED) is 0.859. The summed E-state index contributed by atoms with van der Waals surface area (Å²) in [7, 11) is 0. The van der Waals surface area contributed by atoms with E-state index < -0.39 is 0 Å². The van der Waals surface area contributed by atoms with E-state index in [1.807, 2.05) is 6.92 Å². The maximum absolute atomic E-state index is 5.43. The van der Waals surface area contributed by atoms with E-state index in [2.05, 4.69) is 51.5 Å². The maximum atomic E-state index is 5.43. The lowest BCUT2D eigenvalue weighted by Crippen LogP contribution is -2.30. The number of hydrogen-bond acceptors (Lipinski definition) is 4. The highest BCUT2D eigenvalue weighted by Gasteiger charge is 2.16. The highest BCUT2D eigenvalue weighted by Crippen LogP contribution is 2.20. The Kier molecular flexibility index (Phi) is 3.92. The van der Waals surface area contributed by atoms with Crippen LogP contribution in [0.1, 0.15) is 30.2 Å². The lowest BCUT2D eigenvalue weighted by Gasteiger charge is -2.27. The number of aryl methyl sites for hydroxylation is 1. The summed E-state index contributed by atoms with van der Waals surface area (Å²) in [5.41, 5.74) is 2.82. The molecule has 4 nitrogen and oxygen atoms in total. The van der Waals surface area contributed by atoms with E-state index in [1.165, 1.54) is 11.1 Å². The van der Waals surface area contributed by atoms with Crippen LogP contribution < -0.4 is 0 Å². The van der Waals surface area contributed by atoms with Gasteiger partial charge in [-0.1, -0.05) is 42.0 Å².